The number of hydrogen-bond acceptors (Lipinski definition) is 2. The lowest BCUT2D eigenvalue weighted by Crippen LogP contribution is -2.37. The predicted octanol–water partition coefficient (Wildman–Crippen LogP) is 3.35. The van der Waals surface area contributed by atoms with E-state index in [0.717, 1.165) is 18.5 Å². The van der Waals surface area contributed by atoms with Crippen LogP contribution in [0.25, 0.3) is 0 Å². The average molecular weight is 271 g/mol. The Kier molecular flexibility index (Phi) is 4.60. The molecule has 2 rings (SSSR count). The molecular formula is C14H20ClFN2. The maximum atomic E-state index is 13.2. The summed E-state index contributed by atoms with van der Waals surface area (Å²) in [5.74, 6) is -0.371. The zero-order valence-corrected chi connectivity index (χ0v) is 11.5. The predicted molar refractivity (Wildman–Crippen MR) is 73.2 cm³/mol. The minimum Gasteiger partial charge on any atom is -0.329 e. The molecular weight excluding hydrogens is 251 g/mol. The summed E-state index contributed by atoms with van der Waals surface area (Å²) >= 11 is 5.86. The molecule has 1 saturated heterocycles. The van der Waals surface area contributed by atoms with E-state index >= 15 is 0 Å². The third-order valence-corrected chi connectivity index (χ3v) is 4.14. The van der Waals surface area contributed by atoms with Crippen LogP contribution in [0, 0.1) is 5.82 Å². The summed E-state index contributed by atoms with van der Waals surface area (Å²) in [6.07, 6.45) is 3.57. The van der Waals surface area contributed by atoms with Crippen LogP contribution in [0.2, 0.25) is 5.02 Å². The molecule has 1 aromatic carbocycles. The molecule has 4 heteroatoms. The number of rotatable bonds is 4. The maximum absolute atomic E-state index is 13.2. The molecule has 100 valence electrons. The minimum atomic E-state index is -0.371. The molecule has 0 radical (unpaired) electrons. The molecule has 1 aromatic rings. The van der Waals surface area contributed by atoms with Gasteiger partial charge in [-0.2, -0.15) is 0 Å². The summed E-state index contributed by atoms with van der Waals surface area (Å²) in [5, 5.41) is 0.179. The van der Waals surface area contributed by atoms with Gasteiger partial charge in [0, 0.05) is 18.6 Å². The number of hydrogen-bond donors (Lipinski definition) is 1. The second-order valence-electron chi connectivity index (χ2n) is 4.87. The van der Waals surface area contributed by atoms with Crippen molar-refractivity contribution in [3.63, 3.8) is 0 Å². The summed E-state index contributed by atoms with van der Waals surface area (Å²) < 4.78 is 13.2. The number of nitrogens with two attached hydrogens (primary N) is 1. The largest absolute Gasteiger partial charge is 0.329 e. The van der Waals surface area contributed by atoms with Gasteiger partial charge in [-0.15, -0.1) is 0 Å². The van der Waals surface area contributed by atoms with E-state index in [1.54, 1.807) is 12.1 Å². The number of likely N-dealkylation sites (tertiary alicyclic amines) is 1. The van der Waals surface area contributed by atoms with Crippen LogP contribution in [0.3, 0.4) is 0 Å². The molecule has 0 saturated carbocycles. The maximum Gasteiger partial charge on any atom is 0.141 e. The molecule has 2 nitrogen and oxygen atoms in total. The lowest BCUT2D eigenvalue weighted by Gasteiger charge is -2.32. The van der Waals surface area contributed by atoms with E-state index in [0.29, 0.717) is 12.6 Å². The zero-order chi connectivity index (χ0) is 13.1. The van der Waals surface area contributed by atoms with Crippen LogP contribution in [-0.4, -0.2) is 24.0 Å². The van der Waals surface area contributed by atoms with Crippen molar-refractivity contribution in [3.8, 4) is 0 Å². The summed E-state index contributed by atoms with van der Waals surface area (Å²) in [4.78, 5) is 2.43. The number of benzene rings is 1. The Morgan fingerprint density at radius 1 is 1.56 bits per heavy atom. The molecule has 1 aliphatic rings. The van der Waals surface area contributed by atoms with Crippen LogP contribution in [0.15, 0.2) is 18.2 Å². The SMILES string of the molecule is CCC1CCCN1C(CN)c1ccc(F)c(Cl)c1. The van der Waals surface area contributed by atoms with Crippen LogP contribution in [0.5, 0.6) is 0 Å². The molecule has 1 heterocycles. The third-order valence-electron chi connectivity index (χ3n) is 3.85. The van der Waals surface area contributed by atoms with Gasteiger partial charge in [-0.25, -0.2) is 4.39 Å². The quantitative estimate of drug-likeness (QED) is 0.909. The molecule has 18 heavy (non-hydrogen) atoms. The molecule has 2 N–H and O–H groups in total. The van der Waals surface area contributed by atoms with Crippen LogP contribution >= 0.6 is 11.6 Å². The molecule has 0 spiro atoms. The standard InChI is InChI=1S/C14H20ClFN2/c1-2-11-4-3-7-18(11)14(9-17)10-5-6-13(16)12(15)8-10/h5-6,8,11,14H,2-4,7,9,17H2,1H3. The fraction of sp³-hybridized carbons (Fsp3) is 0.571. The smallest absolute Gasteiger partial charge is 0.141 e. The number of nitrogens with zero attached hydrogens (tertiary/aromatic N) is 1. The van der Waals surface area contributed by atoms with E-state index in [9.17, 15) is 4.39 Å². The zero-order valence-electron chi connectivity index (χ0n) is 10.7. The highest BCUT2D eigenvalue weighted by Gasteiger charge is 2.29. The first kappa shape index (κ1) is 13.8. The minimum absolute atomic E-state index is 0.149. The summed E-state index contributed by atoms with van der Waals surface area (Å²) in [5.41, 5.74) is 6.93. The Bertz CT molecular complexity index is 411. The average Bonchev–Trinajstić information content (AvgIpc) is 2.83. The highest BCUT2D eigenvalue weighted by atomic mass is 35.5. The van der Waals surface area contributed by atoms with Crippen molar-refractivity contribution < 1.29 is 4.39 Å². The van der Waals surface area contributed by atoms with Gasteiger partial charge in [0.15, 0.2) is 0 Å². The van der Waals surface area contributed by atoms with Gasteiger partial charge in [0.05, 0.1) is 5.02 Å². The second kappa shape index (κ2) is 6.00. The van der Waals surface area contributed by atoms with Gasteiger partial charge in [0.2, 0.25) is 0 Å². The Balaban J connectivity index is 2.24. The highest BCUT2D eigenvalue weighted by molar-refractivity contribution is 6.30. The molecule has 2 unspecified atom stereocenters. The molecule has 0 amide bonds. The van der Waals surface area contributed by atoms with E-state index in [1.807, 2.05) is 0 Å². The topological polar surface area (TPSA) is 29.3 Å². The van der Waals surface area contributed by atoms with Crippen LogP contribution in [-0.2, 0) is 0 Å². The summed E-state index contributed by atoms with van der Waals surface area (Å²) in [7, 11) is 0. The van der Waals surface area contributed by atoms with Gasteiger partial charge >= 0.3 is 0 Å². The van der Waals surface area contributed by atoms with E-state index < -0.39 is 0 Å². The first-order valence-corrected chi connectivity index (χ1v) is 6.96. The van der Waals surface area contributed by atoms with Gasteiger partial charge in [-0.05, 0) is 43.5 Å². The molecule has 0 aromatic heterocycles. The van der Waals surface area contributed by atoms with Gasteiger partial charge < -0.3 is 5.73 Å². The van der Waals surface area contributed by atoms with Gasteiger partial charge in [0.25, 0.3) is 0 Å². The lowest BCUT2D eigenvalue weighted by molar-refractivity contribution is 0.180. The van der Waals surface area contributed by atoms with E-state index in [1.165, 1.54) is 18.9 Å². The van der Waals surface area contributed by atoms with Crippen LogP contribution in [0.1, 0.15) is 37.8 Å². The Labute approximate surface area is 113 Å². The first-order chi connectivity index (χ1) is 8.67. The normalized spacial score (nSPS) is 22.3. The van der Waals surface area contributed by atoms with Crippen molar-refractivity contribution >= 4 is 11.6 Å². The monoisotopic (exact) mass is 270 g/mol. The van der Waals surface area contributed by atoms with Crippen LogP contribution < -0.4 is 5.73 Å². The molecule has 1 aliphatic heterocycles. The fourth-order valence-corrected chi connectivity index (χ4v) is 3.08. The lowest BCUT2D eigenvalue weighted by atomic mass is 10.0. The fourth-order valence-electron chi connectivity index (χ4n) is 2.89. The van der Waals surface area contributed by atoms with E-state index in [-0.39, 0.29) is 16.9 Å². The van der Waals surface area contributed by atoms with Crippen molar-refractivity contribution in [2.24, 2.45) is 5.73 Å². The Morgan fingerprint density at radius 2 is 2.33 bits per heavy atom. The summed E-state index contributed by atoms with van der Waals surface area (Å²) in [6.45, 7) is 3.81. The van der Waals surface area contributed by atoms with E-state index in [4.69, 9.17) is 17.3 Å². The number of halogens is 2. The molecule has 1 fully saturated rings. The van der Waals surface area contributed by atoms with Crippen molar-refractivity contribution in [2.75, 3.05) is 13.1 Å². The third kappa shape index (κ3) is 2.68. The summed E-state index contributed by atoms with van der Waals surface area (Å²) in [6, 6.07) is 5.67. The van der Waals surface area contributed by atoms with Crippen molar-refractivity contribution in [1.82, 2.24) is 4.90 Å². The second-order valence-corrected chi connectivity index (χ2v) is 5.27. The Hall–Kier alpha value is -0.640. The van der Waals surface area contributed by atoms with Crippen molar-refractivity contribution in [3.05, 3.63) is 34.6 Å². The van der Waals surface area contributed by atoms with Gasteiger partial charge in [-0.1, -0.05) is 24.6 Å². The van der Waals surface area contributed by atoms with E-state index in [2.05, 4.69) is 11.8 Å². The van der Waals surface area contributed by atoms with Crippen molar-refractivity contribution in [1.29, 1.82) is 0 Å². The van der Waals surface area contributed by atoms with Crippen molar-refractivity contribution in [2.45, 2.75) is 38.3 Å². The molecule has 0 aliphatic carbocycles. The van der Waals surface area contributed by atoms with Gasteiger partial charge in [0.1, 0.15) is 5.82 Å². The highest BCUT2D eigenvalue weighted by Crippen LogP contribution is 2.31. The molecule has 0 bridgehead atoms. The van der Waals surface area contributed by atoms with Gasteiger partial charge in [-0.3, -0.25) is 4.90 Å². The molecule has 2 atom stereocenters. The first-order valence-electron chi connectivity index (χ1n) is 6.58. The Morgan fingerprint density at radius 3 is 2.94 bits per heavy atom. The van der Waals surface area contributed by atoms with Crippen LogP contribution in [0.4, 0.5) is 4.39 Å².